The van der Waals surface area contributed by atoms with E-state index in [2.05, 4.69) is 139 Å². The third kappa shape index (κ3) is 7.46. The topological polar surface area (TPSA) is 0 Å². The fourth-order valence-corrected chi connectivity index (χ4v) is 6.09. The zero-order valence-corrected chi connectivity index (χ0v) is 24.1. The molecule has 0 aliphatic heterocycles. The van der Waals surface area contributed by atoms with Crippen LogP contribution in [0.25, 0.3) is 11.1 Å². The van der Waals surface area contributed by atoms with Crippen LogP contribution in [-0.4, -0.2) is 0 Å². The Labute approximate surface area is 231 Å². The average Bonchev–Trinajstić information content (AvgIpc) is 2.86. The van der Waals surface area contributed by atoms with Crippen LogP contribution in [0.15, 0.2) is 118 Å². The maximum absolute atomic E-state index is 4.38. The highest BCUT2D eigenvalue weighted by molar-refractivity contribution is 8.25. The van der Waals surface area contributed by atoms with Crippen molar-refractivity contribution in [1.82, 2.24) is 0 Å². The van der Waals surface area contributed by atoms with Gasteiger partial charge in [-0.3, -0.25) is 0 Å². The van der Waals surface area contributed by atoms with Crippen LogP contribution < -0.4 is 0 Å². The van der Waals surface area contributed by atoms with Crippen molar-refractivity contribution in [3.8, 4) is 0 Å². The normalized spacial score (nSPS) is 12.2. The van der Waals surface area contributed by atoms with Crippen LogP contribution in [0.5, 0.6) is 0 Å². The van der Waals surface area contributed by atoms with Gasteiger partial charge in [-0.2, -0.15) is 12.6 Å². The van der Waals surface area contributed by atoms with Crippen molar-refractivity contribution >= 4 is 47.3 Å². The summed E-state index contributed by atoms with van der Waals surface area (Å²) in [5, 5.41) is 0. The molecule has 3 aromatic carbocycles. The van der Waals surface area contributed by atoms with Gasteiger partial charge in [0.25, 0.3) is 0 Å². The number of hydrogen-bond acceptors (Lipinski definition) is 3. The minimum absolute atomic E-state index is 0.744. The van der Waals surface area contributed by atoms with Crippen molar-refractivity contribution in [2.45, 2.75) is 33.4 Å². The Bertz CT molecular complexity index is 1320. The van der Waals surface area contributed by atoms with Gasteiger partial charge >= 0.3 is 0 Å². The molecule has 0 heterocycles. The van der Waals surface area contributed by atoms with Crippen LogP contribution in [0.3, 0.4) is 0 Å². The first-order valence-corrected chi connectivity index (χ1v) is 14.1. The molecule has 0 saturated heterocycles. The standard InChI is InChI=1S/C33H34S3/c1-22(2)33(32(30-11-9-8-10-12-30)31-19-23(3)13-14-24(31)4)36-27(7)35-26(6)20-25(5)29-17-15-28(21-34)16-18-29/h8-20,34H,1,6-7,21H2,2-5H3/b25-20+,33-32+. The summed E-state index contributed by atoms with van der Waals surface area (Å²) in [6.07, 6.45) is 2.12. The van der Waals surface area contributed by atoms with Gasteiger partial charge in [0.1, 0.15) is 0 Å². The van der Waals surface area contributed by atoms with Crippen molar-refractivity contribution in [2.75, 3.05) is 0 Å². The molecule has 0 bridgehead atoms. The first-order chi connectivity index (χ1) is 17.2. The minimum atomic E-state index is 0.744. The number of hydrogen-bond donors (Lipinski definition) is 1. The molecule has 3 aromatic rings. The predicted octanol–water partition coefficient (Wildman–Crippen LogP) is 10.6. The van der Waals surface area contributed by atoms with Crippen LogP contribution >= 0.6 is 36.2 Å². The monoisotopic (exact) mass is 526 g/mol. The lowest BCUT2D eigenvalue weighted by molar-refractivity contribution is 1.35. The zero-order valence-electron chi connectivity index (χ0n) is 21.6. The lowest BCUT2D eigenvalue weighted by Gasteiger charge is -2.19. The van der Waals surface area contributed by atoms with Crippen molar-refractivity contribution < 1.29 is 0 Å². The number of aryl methyl sites for hydroxylation is 2. The summed E-state index contributed by atoms with van der Waals surface area (Å²) in [6, 6.07) is 25.7. The Morgan fingerprint density at radius 1 is 0.833 bits per heavy atom. The van der Waals surface area contributed by atoms with Gasteiger partial charge in [0.2, 0.25) is 0 Å². The Morgan fingerprint density at radius 3 is 2.11 bits per heavy atom. The Hall–Kier alpha value is -2.59. The lowest BCUT2D eigenvalue weighted by atomic mass is 9.91. The van der Waals surface area contributed by atoms with Crippen molar-refractivity contribution in [3.05, 3.63) is 152 Å². The third-order valence-electron chi connectivity index (χ3n) is 5.77. The molecule has 3 heteroatoms. The molecule has 3 rings (SSSR count). The molecule has 0 aromatic heterocycles. The smallest absolute Gasteiger partial charge is 0.0427 e. The van der Waals surface area contributed by atoms with Crippen molar-refractivity contribution in [3.63, 3.8) is 0 Å². The SMILES string of the molecule is C=C(/C=C(\C)c1ccc(CS)cc1)SC(=C)S/C(C(=C)C)=C(\c1ccccc1)c1cc(C)ccc1C. The molecular formula is C33H34S3. The van der Waals surface area contributed by atoms with Crippen LogP contribution in [0.4, 0.5) is 0 Å². The fraction of sp³-hybridized carbons (Fsp3) is 0.152. The van der Waals surface area contributed by atoms with Crippen molar-refractivity contribution in [1.29, 1.82) is 0 Å². The second-order valence-electron chi connectivity index (χ2n) is 8.89. The molecule has 0 saturated carbocycles. The first kappa shape index (κ1) is 28.0. The second-order valence-corrected chi connectivity index (χ2v) is 11.8. The molecule has 0 atom stereocenters. The number of thiol groups is 1. The maximum Gasteiger partial charge on any atom is 0.0427 e. The van der Waals surface area contributed by atoms with Gasteiger partial charge in [-0.1, -0.05) is 122 Å². The molecule has 0 N–H and O–H groups in total. The van der Waals surface area contributed by atoms with Gasteiger partial charge in [0, 0.05) is 25.4 Å². The minimum Gasteiger partial charge on any atom is -0.175 e. The number of thioether (sulfide) groups is 2. The molecule has 0 spiro atoms. The Balaban J connectivity index is 1.92. The summed E-state index contributed by atoms with van der Waals surface area (Å²) >= 11 is 7.62. The fourth-order valence-electron chi connectivity index (χ4n) is 3.88. The van der Waals surface area contributed by atoms with E-state index < -0.39 is 0 Å². The van der Waals surface area contributed by atoms with Gasteiger partial charge in [-0.15, -0.1) is 0 Å². The molecule has 0 fully saturated rings. The molecule has 0 unspecified atom stereocenters. The summed E-state index contributed by atoms with van der Waals surface area (Å²) in [7, 11) is 0. The average molecular weight is 527 g/mol. The number of benzene rings is 3. The van der Waals surface area contributed by atoms with E-state index >= 15 is 0 Å². The summed E-state index contributed by atoms with van der Waals surface area (Å²) in [5.74, 6) is 0.744. The van der Waals surface area contributed by atoms with Gasteiger partial charge in [0.15, 0.2) is 0 Å². The summed E-state index contributed by atoms with van der Waals surface area (Å²) in [5.41, 5.74) is 10.7. The largest absolute Gasteiger partial charge is 0.175 e. The van der Waals surface area contributed by atoms with E-state index in [4.69, 9.17) is 0 Å². The van der Waals surface area contributed by atoms with Gasteiger partial charge in [-0.25, -0.2) is 0 Å². The van der Waals surface area contributed by atoms with Gasteiger partial charge in [0.05, 0.1) is 0 Å². The van der Waals surface area contributed by atoms with E-state index in [1.54, 1.807) is 23.5 Å². The van der Waals surface area contributed by atoms with E-state index in [-0.39, 0.29) is 0 Å². The van der Waals surface area contributed by atoms with E-state index in [1.165, 1.54) is 44.5 Å². The van der Waals surface area contributed by atoms with E-state index in [0.29, 0.717) is 0 Å². The van der Waals surface area contributed by atoms with Crippen molar-refractivity contribution in [2.24, 2.45) is 0 Å². The predicted molar refractivity (Wildman–Crippen MR) is 169 cm³/mol. The summed E-state index contributed by atoms with van der Waals surface area (Å²) < 4.78 is 0.964. The third-order valence-corrected chi connectivity index (χ3v) is 8.23. The van der Waals surface area contributed by atoms with Crippen LogP contribution in [0, 0.1) is 13.8 Å². The molecule has 0 nitrogen and oxygen atoms in total. The highest BCUT2D eigenvalue weighted by Gasteiger charge is 2.17. The first-order valence-electron chi connectivity index (χ1n) is 11.8. The van der Waals surface area contributed by atoms with Gasteiger partial charge in [-0.05, 0) is 72.7 Å². The quantitative estimate of drug-likeness (QED) is 0.206. The Kier molecular flexibility index (Phi) is 10.2. The van der Waals surface area contributed by atoms with Gasteiger partial charge < -0.3 is 0 Å². The zero-order chi connectivity index (χ0) is 26.2. The molecular weight excluding hydrogens is 493 g/mol. The highest BCUT2D eigenvalue weighted by Crippen LogP contribution is 2.45. The number of rotatable bonds is 10. The lowest BCUT2D eigenvalue weighted by Crippen LogP contribution is -1.97. The Morgan fingerprint density at radius 2 is 1.50 bits per heavy atom. The second kappa shape index (κ2) is 13.1. The molecule has 0 radical (unpaired) electrons. The van der Waals surface area contributed by atoms with E-state index in [9.17, 15) is 0 Å². The molecule has 36 heavy (non-hydrogen) atoms. The van der Waals surface area contributed by atoms with Crippen LogP contribution in [-0.2, 0) is 5.75 Å². The highest BCUT2D eigenvalue weighted by atomic mass is 32.2. The maximum atomic E-state index is 4.38. The molecule has 0 amide bonds. The van der Waals surface area contributed by atoms with E-state index in [1.807, 2.05) is 0 Å². The van der Waals surface area contributed by atoms with Crippen LogP contribution in [0.1, 0.15) is 47.2 Å². The molecule has 0 aliphatic carbocycles. The van der Waals surface area contributed by atoms with Crippen LogP contribution in [0.2, 0.25) is 0 Å². The van der Waals surface area contributed by atoms with E-state index in [0.717, 1.165) is 25.4 Å². The molecule has 0 aliphatic rings. The summed E-state index contributed by atoms with van der Waals surface area (Å²) in [6.45, 7) is 21.5. The summed E-state index contributed by atoms with van der Waals surface area (Å²) in [4.78, 5) is 2.08. The number of allylic oxidation sites excluding steroid dienone is 3. The molecule has 184 valence electrons.